The highest BCUT2D eigenvalue weighted by Gasteiger charge is 2.26. The Hall–Kier alpha value is -2.53. The maximum Gasteiger partial charge on any atom is 0.244 e. The lowest BCUT2D eigenvalue weighted by Crippen LogP contribution is -2.33. The molecule has 0 saturated heterocycles. The van der Waals surface area contributed by atoms with E-state index in [9.17, 15) is 4.79 Å². The predicted molar refractivity (Wildman–Crippen MR) is 121 cm³/mol. The molecule has 1 aromatic heterocycles. The zero-order valence-corrected chi connectivity index (χ0v) is 18.0. The first-order valence-corrected chi connectivity index (χ1v) is 10.4. The van der Waals surface area contributed by atoms with Crippen LogP contribution in [-0.2, 0) is 11.2 Å². The van der Waals surface area contributed by atoms with Crippen molar-refractivity contribution in [2.45, 2.75) is 12.5 Å². The first-order chi connectivity index (χ1) is 14.5. The van der Waals surface area contributed by atoms with Crippen LogP contribution in [0.4, 0.5) is 0 Å². The molecule has 1 amide bonds. The average molecular weight is 460 g/mol. The van der Waals surface area contributed by atoms with E-state index in [4.69, 9.17) is 39.5 Å². The van der Waals surface area contributed by atoms with Crippen LogP contribution < -0.4 is 10.1 Å². The van der Waals surface area contributed by atoms with Gasteiger partial charge in [-0.05, 0) is 59.2 Å². The van der Waals surface area contributed by atoms with E-state index < -0.39 is 0 Å². The second kappa shape index (κ2) is 9.09. The van der Waals surface area contributed by atoms with Crippen molar-refractivity contribution < 1.29 is 9.53 Å². The highest BCUT2D eigenvalue weighted by molar-refractivity contribution is 6.35. The van der Waals surface area contributed by atoms with Crippen LogP contribution in [0.2, 0.25) is 15.1 Å². The summed E-state index contributed by atoms with van der Waals surface area (Å²) in [6, 6.07) is 12.9. The number of carbonyl (C=O) groups is 1. The minimum absolute atomic E-state index is 0.188. The monoisotopic (exact) mass is 458 g/mol. The summed E-state index contributed by atoms with van der Waals surface area (Å²) in [6.45, 7) is 0.375. The Morgan fingerprint density at radius 3 is 2.63 bits per heavy atom. The molecule has 0 saturated carbocycles. The van der Waals surface area contributed by atoms with Crippen molar-refractivity contribution in [3.05, 3.63) is 87.1 Å². The standard InChI is InChI=1S/C23H17Cl3N2O2/c24-18-7-16(8-19(25)11-18)15-6-17-9-20(30-23(17)21(26)10-15)13-28-22(29)4-3-14-2-1-5-27-12-14/h1-8,10-12,20H,9,13H2,(H,28,29). The third-order valence-corrected chi connectivity index (χ3v) is 5.38. The number of benzene rings is 2. The van der Waals surface area contributed by atoms with Gasteiger partial charge in [-0.1, -0.05) is 40.9 Å². The molecule has 1 aliphatic rings. The molecule has 4 nitrogen and oxygen atoms in total. The number of nitrogens with zero attached hydrogens (tertiary/aromatic N) is 1. The molecule has 0 fully saturated rings. The first kappa shape index (κ1) is 20.7. The second-order valence-electron chi connectivity index (χ2n) is 6.91. The fraction of sp³-hybridized carbons (Fsp3) is 0.130. The van der Waals surface area contributed by atoms with Gasteiger partial charge in [-0.3, -0.25) is 9.78 Å². The predicted octanol–water partition coefficient (Wildman–Crippen LogP) is 5.84. The SMILES string of the molecule is O=C(C=Cc1cccnc1)NCC1Cc2cc(-c3cc(Cl)cc(Cl)c3)cc(Cl)c2O1. The maximum absolute atomic E-state index is 12.1. The van der Waals surface area contributed by atoms with E-state index in [-0.39, 0.29) is 12.0 Å². The van der Waals surface area contributed by atoms with Crippen LogP contribution in [0.25, 0.3) is 17.2 Å². The van der Waals surface area contributed by atoms with Crippen LogP contribution in [0.5, 0.6) is 5.75 Å². The van der Waals surface area contributed by atoms with Crippen molar-refractivity contribution in [1.29, 1.82) is 0 Å². The third-order valence-electron chi connectivity index (χ3n) is 4.66. The number of ether oxygens (including phenoxy) is 1. The van der Waals surface area contributed by atoms with Gasteiger partial charge in [0.05, 0.1) is 11.6 Å². The van der Waals surface area contributed by atoms with Crippen LogP contribution in [0.1, 0.15) is 11.1 Å². The molecule has 7 heteroatoms. The van der Waals surface area contributed by atoms with E-state index in [2.05, 4.69) is 10.3 Å². The molecule has 0 spiro atoms. The Bertz CT molecular complexity index is 1100. The lowest BCUT2D eigenvalue weighted by molar-refractivity contribution is -0.116. The minimum atomic E-state index is -0.196. The highest BCUT2D eigenvalue weighted by atomic mass is 35.5. The summed E-state index contributed by atoms with van der Waals surface area (Å²) in [6.07, 6.45) is 7.02. The molecule has 0 bridgehead atoms. The molecule has 2 aromatic carbocycles. The largest absolute Gasteiger partial charge is 0.486 e. The van der Waals surface area contributed by atoms with E-state index in [1.165, 1.54) is 6.08 Å². The van der Waals surface area contributed by atoms with Crippen molar-refractivity contribution in [2.75, 3.05) is 6.54 Å². The molecule has 152 valence electrons. The highest BCUT2D eigenvalue weighted by Crippen LogP contribution is 2.40. The summed E-state index contributed by atoms with van der Waals surface area (Å²) in [7, 11) is 0. The summed E-state index contributed by atoms with van der Waals surface area (Å²) in [5.41, 5.74) is 3.64. The number of hydrogen-bond donors (Lipinski definition) is 1. The molecule has 2 heterocycles. The smallest absolute Gasteiger partial charge is 0.244 e. The summed E-state index contributed by atoms with van der Waals surface area (Å²) < 4.78 is 5.96. The van der Waals surface area contributed by atoms with E-state index in [0.29, 0.717) is 33.8 Å². The lowest BCUT2D eigenvalue weighted by Gasteiger charge is -2.11. The number of aromatic nitrogens is 1. The fourth-order valence-electron chi connectivity index (χ4n) is 3.31. The van der Waals surface area contributed by atoms with Gasteiger partial charge < -0.3 is 10.1 Å². The first-order valence-electron chi connectivity index (χ1n) is 9.29. The van der Waals surface area contributed by atoms with E-state index in [1.807, 2.05) is 36.4 Å². The maximum atomic E-state index is 12.1. The number of pyridine rings is 1. The number of amides is 1. The molecule has 0 radical (unpaired) electrons. The zero-order valence-electron chi connectivity index (χ0n) is 15.7. The quantitative estimate of drug-likeness (QED) is 0.488. The van der Waals surface area contributed by atoms with Gasteiger partial charge in [0.2, 0.25) is 5.91 Å². The molecule has 1 unspecified atom stereocenters. The van der Waals surface area contributed by atoms with Gasteiger partial charge in [0.25, 0.3) is 0 Å². The van der Waals surface area contributed by atoms with Crippen molar-refractivity contribution in [1.82, 2.24) is 10.3 Å². The Morgan fingerprint density at radius 2 is 1.90 bits per heavy atom. The van der Waals surface area contributed by atoms with Crippen molar-refractivity contribution in [2.24, 2.45) is 0 Å². The third kappa shape index (κ3) is 4.96. The second-order valence-corrected chi connectivity index (χ2v) is 8.19. The molecular formula is C23H17Cl3N2O2. The normalized spacial score (nSPS) is 15.1. The average Bonchev–Trinajstić information content (AvgIpc) is 3.14. The number of hydrogen-bond acceptors (Lipinski definition) is 3. The Kier molecular flexibility index (Phi) is 6.28. The van der Waals surface area contributed by atoms with Gasteiger partial charge >= 0.3 is 0 Å². The van der Waals surface area contributed by atoms with Crippen molar-refractivity contribution in [3.63, 3.8) is 0 Å². The van der Waals surface area contributed by atoms with Gasteiger partial charge in [-0.15, -0.1) is 0 Å². The summed E-state index contributed by atoms with van der Waals surface area (Å²) in [4.78, 5) is 16.1. The van der Waals surface area contributed by atoms with E-state index in [0.717, 1.165) is 22.3 Å². The van der Waals surface area contributed by atoms with Gasteiger partial charge in [-0.2, -0.15) is 0 Å². The minimum Gasteiger partial charge on any atom is -0.486 e. The van der Waals surface area contributed by atoms with Crippen LogP contribution in [0.15, 0.2) is 60.9 Å². The van der Waals surface area contributed by atoms with Crippen molar-refractivity contribution >= 4 is 46.8 Å². The topological polar surface area (TPSA) is 51.2 Å². The molecule has 3 aromatic rings. The number of rotatable bonds is 5. The summed E-state index contributed by atoms with van der Waals surface area (Å²) in [5.74, 6) is 0.456. The molecule has 1 atom stereocenters. The molecule has 4 rings (SSSR count). The van der Waals surface area contributed by atoms with Crippen LogP contribution in [-0.4, -0.2) is 23.5 Å². The number of halogens is 3. The number of nitrogens with one attached hydrogen (secondary N) is 1. The fourth-order valence-corrected chi connectivity index (χ4v) is 4.12. The molecule has 30 heavy (non-hydrogen) atoms. The zero-order chi connectivity index (χ0) is 21.1. The van der Waals surface area contributed by atoms with E-state index in [1.54, 1.807) is 24.5 Å². The summed E-state index contributed by atoms with van der Waals surface area (Å²) in [5, 5.41) is 4.50. The molecular weight excluding hydrogens is 443 g/mol. The van der Waals surface area contributed by atoms with Crippen LogP contribution in [0, 0.1) is 0 Å². The Morgan fingerprint density at radius 1 is 1.13 bits per heavy atom. The van der Waals surface area contributed by atoms with Gasteiger partial charge in [-0.25, -0.2) is 0 Å². The van der Waals surface area contributed by atoms with Crippen LogP contribution in [0.3, 0.4) is 0 Å². The molecule has 1 aliphatic heterocycles. The number of carbonyl (C=O) groups excluding carboxylic acids is 1. The van der Waals surface area contributed by atoms with Crippen molar-refractivity contribution in [3.8, 4) is 16.9 Å². The van der Waals surface area contributed by atoms with E-state index >= 15 is 0 Å². The van der Waals surface area contributed by atoms with Gasteiger partial charge in [0.15, 0.2) is 0 Å². The number of fused-ring (bicyclic) bond motifs is 1. The molecule has 0 aliphatic carbocycles. The van der Waals surface area contributed by atoms with Crippen LogP contribution >= 0.6 is 34.8 Å². The Balaban J connectivity index is 1.41. The summed E-state index contributed by atoms with van der Waals surface area (Å²) >= 11 is 18.7. The van der Waals surface area contributed by atoms with Gasteiger partial charge in [0.1, 0.15) is 11.9 Å². The lowest BCUT2D eigenvalue weighted by atomic mass is 10.0. The Labute approximate surface area is 189 Å². The molecule has 1 N–H and O–H groups in total. The van der Waals surface area contributed by atoms with Gasteiger partial charge in [0, 0.05) is 40.5 Å².